The molecule has 0 aromatic heterocycles. The summed E-state index contributed by atoms with van der Waals surface area (Å²) in [5, 5.41) is 5.14. The van der Waals surface area contributed by atoms with Crippen molar-refractivity contribution in [1.29, 1.82) is 0 Å². The molecule has 0 saturated carbocycles. The van der Waals surface area contributed by atoms with Gasteiger partial charge in [0.05, 0.1) is 0 Å². The molecular formula is C11H10N2O2. The zero-order valence-electron chi connectivity index (χ0n) is 8.20. The summed E-state index contributed by atoms with van der Waals surface area (Å²) in [6, 6.07) is 9.25. The molecule has 1 aromatic carbocycles. The third kappa shape index (κ3) is 1.74. The van der Waals surface area contributed by atoms with E-state index in [1.165, 1.54) is 0 Å². The standard InChI is InChI=1S/C11H10N2O2/c1-7-9(11(15)13-10(7)14)12-8-5-3-2-4-6-8/h2-6H,1H3,(H2,12,13,14,15). The molecule has 0 bridgehead atoms. The molecule has 0 radical (unpaired) electrons. The van der Waals surface area contributed by atoms with Crippen molar-refractivity contribution in [1.82, 2.24) is 5.32 Å². The first kappa shape index (κ1) is 9.45. The van der Waals surface area contributed by atoms with Crippen LogP contribution in [-0.4, -0.2) is 11.8 Å². The van der Waals surface area contributed by atoms with Crippen LogP contribution in [0, 0.1) is 0 Å². The Morgan fingerprint density at radius 2 is 1.73 bits per heavy atom. The van der Waals surface area contributed by atoms with E-state index in [2.05, 4.69) is 10.6 Å². The van der Waals surface area contributed by atoms with Crippen LogP contribution in [0.25, 0.3) is 0 Å². The SMILES string of the molecule is CC1=C(Nc2ccccc2)C(=O)NC1=O. The number of amides is 2. The van der Waals surface area contributed by atoms with Gasteiger partial charge in [-0.1, -0.05) is 18.2 Å². The van der Waals surface area contributed by atoms with Crippen molar-refractivity contribution in [3.05, 3.63) is 41.6 Å². The number of hydrogen-bond donors (Lipinski definition) is 2. The zero-order valence-corrected chi connectivity index (χ0v) is 8.20. The molecule has 1 aliphatic rings. The minimum absolute atomic E-state index is 0.325. The summed E-state index contributed by atoms with van der Waals surface area (Å²) in [4.78, 5) is 22.5. The van der Waals surface area contributed by atoms with Gasteiger partial charge in [-0.15, -0.1) is 0 Å². The summed E-state index contributed by atoms with van der Waals surface area (Å²) in [7, 11) is 0. The van der Waals surface area contributed by atoms with Gasteiger partial charge in [-0.25, -0.2) is 0 Å². The lowest BCUT2D eigenvalue weighted by molar-refractivity contribution is -0.124. The van der Waals surface area contributed by atoms with Crippen LogP contribution in [-0.2, 0) is 9.59 Å². The van der Waals surface area contributed by atoms with Crippen LogP contribution in [0.15, 0.2) is 41.6 Å². The second kappa shape index (κ2) is 3.57. The first-order chi connectivity index (χ1) is 7.18. The Morgan fingerprint density at radius 3 is 2.27 bits per heavy atom. The number of carbonyl (C=O) groups excluding carboxylic acids is 2. The number of nitrogens with one attached hydrogen (secondary N) is 2. The van der Waals surface area contributed by atoms with Crippen LogP contribution in [0.2, 0.25) is 0 Å². The molecule has 4 nitrogen and oxygen atoms in total. The van der Waals surface area contributed by atoms with Crippen LogP contribution in [0.1, 0.15) is 6.92 Å². The Bertz CT molecular complexity index is 449. The number of hydrogen-bond acceptors (Lipinski definition) is 3. The summed E-state index contributed by atoms with van der Waals surface area (Å²) < 4.78 is 0. The molecule has 1 aliphatic heterocycles. The molecular weight excluding hydrogens is 192 g/mol. The summed E-state index contributed by atoms with van der Waals surface area (Å²) in [5.41, 5.74) is 1.53. The molecule has 2 rings (SSSR count). The lowest BCUT2D eigenvalue weighted by atomic mass is 10.2. The molecule has 0 saturated heterocycles. The molecule has 0 unspecified atom stereocenters. The second-order valence-electron chi connectivity index (χ2n) is 3.27. The van der Waals surface area contributed by atoms with Crippen LogP contribution in [0.3, 0.4) is 0 Å². The predicted octanol–water partition coefficient (Wildman–Crippen LogP) is 1.03. The summed E-state index contributed by atoms with van der Waals surface area (Å²) >= 11 is 0. The number of anilines is 1. The quantitative estimate of drug-likeness (QED) is 0.704. The Hall–Kier alpha value is -2.10. The minimum atomic E-state index is -0.374. The number of para-hydroxylation sites is 1. The number of carbonyl (C=O) groups is 2. The Kier molecular flexibility index (Phi) is 2.25. The number of benzene rings is 1. The molecule has 0 fully saturated rings. The Balaban J connectivity index is 2.27. The van der Waals surface area contributed by atoms with Crippen LogP contribution < -0.4 is 10.6 Å². The van der Waals surface area contributed by atoms with Crippen LogP contribution in [0.5, 0.6) is 0 Å². The van der Waals surface area contributed by atoms with Crippen molar-refractivity contribution in [2.45, 2.75) is 6.92 Å². The lowest BCUT2D eigenvalue weighted by Crippen LogP contribution is -2.24. The molecule has 0 spiro atoms. The van der Waals surface area contributed by atoms with Crippen molar-refractivity contribution >= 4 is 17.5 Å². The second-order valence-corrected chi connectivity index (χ2v) is 3.27. The van der Waals surface area contributed by atoms with Gasteiger partial charge in [-0.2, -0.15) is 0 Å². The van der Waals surface area contributed by atoms with E-state index in [1.54, 1.807) is 6.92 Å². The van der Waals surface area contributed by atoms with Crippen molar-refractivity contribution < 1.29 is 9.59 Å². The molecule has 0 aliphatic carbocycles. The van der Waals surface area contributed by atoms with Gasteiger partial charge in [-0.3, -0.25) is 14.9 Å². The number of imide groups is 1. The topological polar surface area (TPSA) is 58.2 Å². The lowest BCUT2D eigenvalue weighted by Gasteiger charge is -2.05. The molecule has 0 atom stereocenters. The first-order valence-corrected chi connectivity index (χ1v) is 4.57. The molecule has 1 heterocycles. The van der Waals surface area contributed by atoms with Gasteiger partial charge in [0.25, 0.3) is 11.8 Å². The van der Waals surface area contributed by atoms with Gasteiger partial charge >= 0.3 is 0 Å². The molecule has 15 heavy (non-hydrogen) atoms. The fourth-order valence-electron chi connectivity index (χ4n) is 1.36. The van der Waals surface area contributed by atoms with Crippen LogP contribution >= 0.6 is 0 Å². The highest BCUT2D eigenvalue weighted by Crippen LogP contribution is 2.15. The highest BCUT2D eigenvalue weighted by molar-refractivity contribution is 6.20. The van der Waals surface area contributed by atoms with Crippen molar-refractivity contribution in [2.75, 3.05) is 5.32 Å². The maximum atomic E-state index is 11.3. The summed E-state index contributed by atoms with van der Waals surface area (Å²) in [6.07, 6.45) is 0. The maximum absolute atomic E-state index is 11.3. The van der Waals surface area contributed by atoms with Gasteiger partial charge in [0.1, 0.15) is 5.70 Å². The van der Waals surface area contributed by atoms with Gasteiger partial charge in [0.2, 0.25) is 0 Å². The van der Waals surface area contributed by atoms with Crippen molar-refractivity contribution in [3.63, 3.8) is 0 Å². The monoisotopic (exact) mass is 202 g/mol. The molecule has 4 heteroatoms. The van der Waals surface area contributed by atoms with E-state index in [9.17, 15) is 9.59 Å². The third-order valence-corrected chi connectivity index (χ3v) is 2.21. The Labute approximate surface area is 87.0 Å². The van der Waals surface area contributed by atoms with Crippen molar-refractivity contribution in [3.8, 4) is 0 Å². The predicted molar refractivity (Wildman–Crippen MR) is 55.9 cm³/mol. The maximum Gasteiger partial charge on any atom is 0.275 e. The number of rotatable bonds is 2. The van der Waals surface area contributed by atoms with Gasteiger partial charge in [0.15, 0.2) is 0 Å². The zero-order chi connectivity index (χ0) is 10.8. The molecule has 1 aromatic rings. The first-order valence-electron chi connectivity index (χ1n) is 4.57. The van der Waals surface area contributed by atoms with E-state index >= 15 is 0 Å². The summed E-state index contributed by atoms with van der Waals surface area (Å²) in [5.74, 6) is -0.709. The molecule has 2 N–H and O–H groups in total. The van der Waals surface area contributed by atoms with E-state index < -0.39 is 0 Å². The van der Waals surface area contributed by atoms with Gasteiger partial charge in [-0.05, 0) is 19.1 Å². The average Bonchev–Trinajstić information content (AvgIpc) is 2.47. The molecule has 2 amide bonds. The smallest absolute Gasteiger partial charge is 0.275 e. The van der Waals surface area contributed by atoms with Crippen LogP contribution in [0.4, 0.5) is 5.69 Å². The Morgan fingerprint density at radius 1 is 1.07 bits per heavy atom. The largest absolute Gasteiger partial charge is 0.351 e. The van der Waals surface area contributed by atoms with Crippen molar-refractivity contribution in [2.24, 2.45) is 0 Å². The van der Waals surface area contributed by atoms with E-state index in [4.69, 9.17) is 0 Å². The highest BCUT2D eigenvalue weighted by Gasteiger charge is 2.26. The normalized spacial score (nSPS) is 15.5. The summed E-state index contributed by atoms with van der Waals surface area (Å²) in [6.45, 7) is 1.62. The fourth-order valence-corrected chi connectivity index (χ4v) is 1.36. The van der Waals surface area contributed by atoms with E-state index in [1.807, 2.05) is 30.3 Å². The minimum Gasteiger partial charge on any atom is -0.351 e. The van der Waals surface area contributed by atoms with Gasteiger partial charge in [0, 0.05) is 11.3 Å². The average molecular weight is 202 g/mol. The van der Waals surface area contributed by atoms with E-state index in [0.717, 1.165) is 5.69 Å². The fraction of sp³-hybridized carbons (Fsp3) is 0.0909. The van der Waals surface area contributed by atoms with Gasteiger partial charge < -0.3 is 5.32 Å². The van der Waals surface area contributed by atoms with E-state index in [0.29, 0.717) is 11.3 Å². The highest BCUT2D eigenvalue weighted by atomic mass is 16.2. The van der Waals surface area contributed by atoms with E-state index in [-0.39, 0.29) is 11.8 Å². The molecule has 76 valence electrons. The third-order valence-electron chi connectivity index (χ3n) is 2.21.